The average Bonchev–Trinajstić information content (AvgIpc) is 3.19. The Morgan fingerprint density at radius 3 is 2.60 bits per heavy atom. The Morgan fingerprint density at radius 2 is 2.00 bits per heavy atom. The molecule has 0 amide bonds. The summed E-state index contributed by atoms with van der Waals surface area (Å²) in [5.74, 6) is 2.52. The van der Waals surface area contributed by atoms with Crippen LogP contribution in [0.15, 0.2) is 53.7 Å². The SMILES string of the molecule is C=CC(/C=C(\C)c1nc2cc(C(=C)N3CCC(CCC)C(C)C3)cc(CC)c2n1C)=C(/C)N=CC. The Labute approximate surface area is 212 Å². The van der Waals surface area contributed by atoms with Crippen molar-refractivity contribution in [2.24, 2.45) is 23.9 Å². The van der Waals surface area contributed by atoms with E-state index in [1.165, 1.54) is 35.9 Å². The van der Waals surface area contributed by atoms with Crippen molar-refractivity contribution >= 4 is 28.5 Å². The van der Waals surface area contributed by atoms with Crippen LogP contribution < -0.4 is 0 Å². The summed E-state index contributed by atoms with van der Waals surface area (Å²) in [5.41, 5.74) is 8.94. The van der Waals surface area contributed by atoms with Gasteiger partial charge in [0.15, 0.2) is 0 Å². The highest BCUT2D eigenvalue weighted by molar-refractivity contribution is 5.86. The molecule has 4 nitrogen and oxygen atoms in total. The van der Waals surface area contributed by atoms with Gasteiger partial charge in [-0.05, 0) is 85.9 Å². The molecule has 1 aromatic carbocycles. The number of aromatic nitrogens is 2. The highest BCUT2D eigenvalue weighted by atomic mass is 15.1. The Morgan fingerprint density at radius 1 is 1.26 bits per heavy atom. The summed E-state index contributed by atoms with van der Waals surface area (Å²) in [7, 11) is 2.12. The summed E-state index contributed by atoms with van der Waals surface area (Å²) in [4.78, 5) is 12.0. The van der Waals surface area contributed by atoms with Crippen LogP contribution in [-0.2, 0) is 13.5 Å². The number of hydrogen-bond donors (Lipinski definition) is 0. The van der Waals surface area contributed by atoms with Crippen LogP contribution in [0.1, 0.15) is 77.8 Å². The molecule has 1 aromatic heterocycles. The van der Waals surface area contributed by atoms with E-state index in [0.29, 0.717) is 5.92 Å². The number of allylic oxidation sites excluding steroid dienone is 5. The van der Waals surface area contributed by atoms with Gasteiger partial charge in [0, 0.05) is 37.7 Å². The highest BCUT2D eigenvalue weighted by Crippen LogP contribution is 2.34. The minimum Gasteiger partial charge on any atom is -0.371 e. The van der Waals surface area contributed by atoms with Gasteiger partial charge in [-0.25, -0.2) is 4.98 Å². The molecule has 1 saturated heterocycles. The van der Waals surface area contributed by atoms with Crippen LogP contribution in [0.4, 0.5) is 0 Å². The number of benzene rings is 1. The fourth-order valence-corrected chi connectivity index (χ4v) is 5.53. The molecule has 0 saturated carbocycles. The molecule has 4 heteroatoms. The molecule has 2 atom stereocenters. The van der Waals surface area contributed by atoms with Gasteiger partial charge in [-0.15, -0.1) is 0 Å². The Balaban J connectivity index is 1.99. The van der Waals surface area contributed by atoms with Gasteiger partial charge in [-0.3, -0.25) is 4.99 Å². The third-order valence-electron chi connectivity index (χ3n) is 7.57. The molecule has 35 heavy (non-hydrogen) atoms. The normalized spacial score (nSPS) is 20.0. The lowest BCUT2D eigenvalue weighted by molar-refractivity contribution is 0.173. The van der Waals surface area contributed by atoms with E-state index in [1.807, 2.05) is 26.1 Å². The summed E-state index contributed by atoms with van der Waals surface area (Å²) in [6.45, 7) is 23.7. The van der Waals surface area contributed by atoms with Crippen molar-refractivity contribution in [2.45, 2.75) is 67.2 Å². The van der Waals surface area contributed by atoms with Crippen LogP contribution in [0.2, 0.25) is 0 Å². The zero-order chi connectivity index (χ0) is 25.7. The zero-order valence-electron chi connectivity index (χ0n) is 23.0. The monoisotopic (exact) mass is 472 g/mol. The van der Waals surface area contributed by atoms with Crippen molar-refractivity contribution in [3.05, 3.63) is 65.7 Å². The van der Waals surface area contributed by atoms with Crippen molar-refractivity contribution in [1.82, 2.24) is 14.5 Å². The molecule has 2 aromatic rings. The van der Waals surface area contributed by atoms with Gasteiger partial charge < -0.3 is 9.47 Å². The molecule has 1 aliphatic heterocycles. The number of hydrogen-bond acceptors (Lipinski definition) is 3. The number of nitrogens with zero attached hydrogens (tertiary/aromatic N) is 4. The maximum absolute atomic E-state index is 5.09. The third kappa shape index (κ3) is 5.69. The molecule has 2 heterocycles. The van der Waals surface area contributed by atoms with E-state index in [2.05, 4.69) is 80.6 Å². The predicted molar refractivity (Wildman–Crippen MR) is 154 cm³/mol. The number of likely N-dealkylation sites (tertiary alicyclic amines) is 1. The van der Waals surface area contributed by atoms with Crippen LogP contribution in [0, 0.1) is 11.8 Å². The third-order valence-corrected chi connectivity index (χ3v) is 7.57. The fraction of sp³-hybridized carbons (Fsp3) is 0.484. The van der Waals surface area contributed by atoms with Gasteiger partial charge in [0.1, 0.15) is 5.82 Å². The summed E-state index contributed by atoms with van der Waals surface area (Å²) >= 11 is 0. The lowest BCUT2D eigenvalue weighted by atomic mass is 9.83. The van der Waals surface area contributed by atoms with Crippen LogP contribution in [0.3, 0.4) is 0 Å². The Kier molecular flexibility index (Phi) is 8.93. The molecule has 1 fully saturated rings. The first-order valence-electron chi connectivity index (χ1n) is 13.2. The number of imidazole rings is 1. The van der Waals surface area contributed by atoms with E-state index < -0.39 is 0 Å². The van der Waals surface area contributed by atoms with Crippen LogP contribution in [0.5, 0.6) is 0 Å². The van der Waals surface area contributed by atoms with Crippen molar-refractivity contribution in [1.29, 1.82) is 0 Å². The first-order chi connectivity index (χ1) is 16.7. The first-order valence-corrected chi connectivity index (χ1v) is 13.2. The lowest BCUT2D eigenvalue weighted by Crippen LogP contribution is -2.38. The molecule has 2 unspecified atom stereocenters. The number of piperidine rings is 1. The van der Waals surface area contributed by atoms with Gasteiger partial charge >= 0.3 is 0 Å². The average molecular weight is 473 g/mol. The maximum Gasteiger partial charge on any atom is 0.136 e. The molecular formula is C31H44N4. The summed E-state index contributed by atoms with van der Waals surface area (Å²) in [6.07, 6.45) is 10.6. The Hall–Kier alpha value is -2.88. The van der Waals surface area contributed by atoms with Crippen LogP contribution >= 0.6 is 0 Å². The minimum atomic E-state index is 0.705. The summed E-state index contributed by atoms with van der Waals surface area (Å²) in [5, 5.41) is 0. The maximum atomic E-state index is 5.09. The molecule has 0 spiro atoms. The van der Waals surface area contributed by atoms with Gasteiger partial charge in [-0.2, -0.15) is 0 Å². The van der Waals surface area contributed by atoms with Crippen molar-refractivity contribution in [3.8, 4) is 0 Å². The molecule has 0 radical (unpaired) electrons. The van der Waals surface area contributed by atoms with Gasteiger partial charge in [0.25, 0.3) is 0 Å². The van der Waals surface area contributed by atoms with Crippen molar-refractivity contribution < 1.29 is 0 Å². The predicted octanol–water partition coefficient (Wildman–Crippen LogP) is 7.82. The largest absolute Gasteiger partial charge is 0.371 e. The topological polar surface area (TPSA) is 33.4 Å². The second kappa shape index (κ2) is 11.7. The Bertz CT molecular complexity index is 1170. The molecule has 0 N–H and O–H groups in total. The van der Waals surface area contributed by atoms with E-state index in [4.69, 9.17) is 4.98 Å². The fourth-order valence-electron chi connectivity index (χ4n) is 5.53. The number of aliphatic imine (C=N–C) groups is 1. The standard InChI is InChI=1S/C31H44N4/c1-10-14-27-15-16-35(20-22(27)6)24(8)28-18-26(12-3)30-29(19-28)33-31(34(30)9)21(5)17-25(11-2)23(7)32-13-4/h11,13,17-19,22,27H,2,8,10,12,14-16,20H2,1,3-7,9H3/b21-17+,25-23+,32-13?. The second-order valence-electron chi connectivity index (χ2n) is 10.0. The zero-order valence-corrected chi connectivity index (χ0v) is 23.0. The number of aryl methyl sites for hydroxylation is 2. The molecule has 0 aliphatic carbocycles. The quantitative estimate of drug-likeness (QED) is 0.275. The molecule has 188 valence electrons. The minimum absolute atomic E-state index is 0.705. The van der Waals surface area contributed by atoms with E-state index in [-0.39, 0.29) is 0 Å². The number of rotatable bonds is 9. The molecule has 0 bridgehead atoms. The van der Waals surface area contributed by atoms with Crippen LogP contribution in [-0.4, -0.2) is 33.8 Å². The van der Waals surface area contributed by atoms with E-state index >= 15 is 0 Å². The van der Waals surface area contributed by atoms with Gasteiger partial charge in [0.05, 0.1) is 11.0 Å². The first kappa shape index (κ1) is 26.7. The highest BCUT2D eigenvalue weighted by Gasteiger charge is 2.27. The van der Waals surface area contributed by atoms with Gasteiger partial charge in [-0.1, -0.05) is 52.8 Å². The smallest absolute Gasteiger partial charge is 0.136 e. The van der Waals surface area contributed by atoms with Gasteiger partial charge in [0.2, 0.25) is 0 Å². The van der Waals surface area contributed by atoms with Crippen LogP contribution in [0.25, 0.3) is 22.3 Å². The van der Waals surface area contributed by atoms with E-state index in [0.717, 1.165) is 59.3 Å². The van der Waals surface area contributed by atoms with E-state index in [9.17, 15) is 0 Å². The molecular weight excluding hydrogens is 428 g/mol. The van der Waals surface area contributed by atoms with Crippen molar-refractivity contribution in [2.75, 3.05) is 13.1 Å². The summed E-state index contributed by atoms with van der Waals surface area (Å²) < 4.78 is 2.23. The lowest BCUT2D eigenvalue weighted by Gasteiger charge is -2.39. The van der Waals surface area contributed by atoms with E-state index in [1.54, 1.807) is 0 Å². The number of fused-ring (bicyclic) bond motifs is 1. The molecule has 3 rings (SSSR count). The van der Waals surface area contributed by atoms with Crippen molar-refractivity contribution in [3.63, 3.8) is 0 Å². The molecule has 1 aliphatic rings. The summed E-state index contributed by atoms with van der Waals surface area (Å²) in [6, 6.07) is 4.56. The second-order valence-corrected chi connectivity index (χ2v) is 10.0.